The molecule has 1 aliphatic heterocycles. The van der Waals surface area contributed by atoms with Crippen LogP contribution in [0.3, 0.4) is 0 Å². The summed E-state index contributed by atoms with van der Waals surface area (Å²) in [6.07, 6.45) is 8.95. The molecule has 2 aromatic rings. The van der Waals surface area contributed by atoms with E-state index in [1.165, 1.54) is 19.3 Å². The molecule has 1 saturated heterocycles. The Hall–Kier alpha value is -2.90. The van der Waals surface area contributed by atoms with Gasteiger partial charge in [0.2, 0.25) is 5.91 Å². The summed E-state index contributed by atoms with van der Waals surface area (Å²) >= 11 is 0. The van der Waals surface area contributed by atoms with Crippen molar-refractivity contribution in [3.8, 4) is 0 Å². The summed E-state index contributed by atoms with van der Waals surface area (Å²) < 4.78 is 5.88. The SMILES string of the molecule is CN1CCN(c2ccc(C(=O)Nc3ccc(C4(NC(=O)COC5CCCCC5)CCC4)cc3)cc2)CC1. The van der Waals surface area contributed by atoms with E-state index in [0.717, 1.165) is 75.2 Å². The van der Waals surface area contributed by atoms with Crippen LogP contribution >= 0.6 is 0 Å². The second-order valence-electron chi connectivity index (χ2n) is 10.9. The predicted molar refractivity (Wildman–Crippen MR) is 147 cm³/mol. The van der Waals surface area contributed by atoms with Gasteiger partial charge in [0.05, 0.1) is 11.6 Å². The Morgan fingerprint density at radius 2 is 1.57 bits per heavy atom. The number of rotatable bonds is 8. The fourth-order valence-corrected chi connectivity index (χ4v) is 5.71. The molecule has 0 unspecified atom stereocenters. The molecule has 7 nitrogen and oxygen atoms in total. The van der Waals surface area contributed by atoms with E-state index in [1.54, 1.807) is 0 Å². The monoisotopic (exact) mass is 504 g/mol. The number of nitrogens with one attached hydrogen (secondary N) is 2. The number of hydrogen-bond donors (Lipinski definition) is 2. The number of ether oxygens (including phenoxy) is 1. The van der Waals surface area contributed by atoms with Gasteiger partial charge in [-0.05, 0) is 81.1 Å². The highest BCUT2D eigenvalue weighted by atomic mass is 16.5. The number of carbonyl (C=O) groups excluding carboxylic acids is 2. The minimum Gasteiger partial charge on any atom is -0.369 e. The maximum Gasteiger partial charge on any atom is 0.255 e. The molecule has 0 bridgehead atoms. The summed E-state index contributed by atoms with van der Waals surface area (Å²) in [5, 5.41) is 6.26. The molecule has 2 amide bonds. The van der Waals surface area contributed by atoms with Gasteiger partial charge in [-0.1, -0.05) is 31.4 Å². The van der Waals surface area contributed by atoms with E-state index in [2.05, 4.69) is 27.5 Å². The third kappa shape index (κ3) is 6.33. The molecule has 1 heterocycles. The Balaban J connectivity index is 1.14. The van der Waals surface area contributed by atoms with E-state index in [1.807, 2.05) is 48.5 Å². The summed E-state index contributed by atoms with van der Waals surface area (Å²) in [5.74, 6) is -0.160. The molecule has 0 spiro atoms. The molecule has 2 N–H and O–H groups in total. The maximum absolute atomic E-state index is 12.8. The van der Waals surface area contributed by atoms with Crippen molar-refractivity contribution in [3.63, 3.8) is 0 Å². The normalized spacial score (nSPS) is 20.2. The number of anilines is 2. The number of piperazine rings is 1. The zero-order chi connectivity index (χ0) is 25.7. The van der Waals surface area contributed by atoms with Gasteiger partial charge >= 0.3 is 0 Å². The quantitative estimate of drug-likeness (QED) is 0.552. The number of carbonyl (C=O) groups is 2. The zero-order valence-corrected chi connectivity index (χ0v) is 22.0. The van der Waals surface area contributed by atoms with Gasteiger partial charge in [0.1, 0.15) is 6.61 Å². The first-order chi connectivity index (χ1) is 18.0. The molecule has 3 aliphatic rings. The van der Waals surface area contributed by atoms with Crippen molar-refractivity contribution in [2.45, 2.75) is 63.0 Å². The van der Waals surface area contributed by atoms with Gasteiger partial charge < -0.3 is 25.2 Å². The Bertz CT molecular complexity index is 1050. The van der Waals surface area contributed by atoms with Crippen molar-refractivity contribution in [2.75, 3.05) is 50.1 Å². The van der Waals surface area contributed by atoms with Crippen molar-refractivity contribution in [1.82, 2.24) is 10.2 Å². The number of hydrogen-bond acceptors (Lipinski definition) is 5. The van der Waals surface area contributed by atoms with Crippen LogP contribution < -0.4 is 15.5 Å². The third-order valence-corrected chi connectivity index (χ3v) is 8.28. The Morgan fingerprint density at radius 3 is 2.19 bits per heavy atom. The van der Waals surface area contributed by atoms with Crippen LogP contribution in [0.1, 0.15) is 67.3 Å². The van der Waals surface area contributed by atoms with Crippen molar-refractivity contribution < 1.29 is 14.3 Å². The molecule has 7 heteroatoms. The highest BCUT2D eigenvalue weighted by molar-refractivity contribution is 6.04. The van der Waals surface area contributed by atoms with Crippen molar-refractivity contribution >= 4 is 23.2 Å². The van der Waals surface area contributed by atoms with Crippen LogP contribution in [-0.4, -0.2) is 62.7 Å². The molecule has 37 heavy (non-hydrogen) atoms. The van der Waals surface area contributed by atoms with Crippen molar-refractivity contribution in [2.24, 2.45) is 0 Å². The number of amides is 2. The summed E-state index contributed by atoms with van der Waals surface area (Å²) in [4.78, 5) is 30.2. The molecule has 0 radical (unpaired) electrons. The van der Waals surface area contributed by atoms with Gasteiger partial charge in [0.15, 0.2) is 0 Å². The first-order valence-electron chi connectivity index (χ1n) is 13.9. The van der Waals surface area contributed by atoms with Gasteiger partial charge in [0, 0.05) is 43.1 Å². The molecule has 2 saturated carbocycles. The average molecular weight is 505 g/mol. The first-order valence-corrected chi connectivity index (χ1v) is 13.9. The van der Waals surface area contributed by atoms with Crippen LogP contribution in [0.25, 0.3) is 0 Å². The lowest BCUT2D eigenvalue weighted by Gasteiger charge is -2.43. The predicted octanol–water partition coefficient (Wildman–Crippen LogP) is 4.54. The lowest BCUT2D eigenvalue weighted by atomic mass is 9.71. The highest BCUT2D eigenvalue weighted by Gasteiger charge is 2.40. The molecule has 3 fully saturated rings. The fourth-order valence-electron chi connectivity index (χ4n) is 5.71. The summed E-state index contributed by atoms with van der Waals surface area (Å²) in [7, 11) is 2.15. The Morgan fingerprint density at radius 1 is 0.892 bits per heavy atom. The average Bonchev–Trinajstić information content (AvgIpc) is 2.91. The van der Waals surface area contributed by atoms with E-state index >= 15 is 0 Å². The lowest BCUT2D eigenvalue weighted by Crippen LogP contribution is -2.52. The summed E-state index contributed by atoms with van der Waals surface area (Å²) in [6.45, 7) is 4.25. The van der Waals surface area contributed by atoms with Gasteiger partial charge in [0.25, 0.3) is 5.91 Å². The molecule has 2 aromatic carbocycles. The largest absolute Gasteiger partial charge is 0.369 e. The van der Waals surface area contributed by atoms with E-state index in [4.69, 9.17) is 4.74 Å². The number of likely N-dealkylation sites (N-methyl/N-ethyl adjacent to an activating group) is 1. The Labute approximate surface area is 220 Å². The van der Waals surface area contributed by atoms with Crippen LogP contribution in [0.5, 0.6) is 0 Å². The van der Waals surface area contributed by atoms with Gasteiger partial charge in [-0.3, -0.25) is 9.59 Å². The van der Waals surface area contributed by atoms with Crippen molar-refractivity contribution in [1.29, 1.82) is 0 Å². The molecule has 0 atom stereocenters. The lowest BCUT2D eigenvalue weighted by molar-refractivity contribution is -0.131. The molecule has 0 aromatic heterocycles. The molecule has 2 aliphatic carbocycles. The van der Waals surface area contributed by atoms with Crippen LogP contribution in [0.4, 0.5) is 11.4 Å². The Kier molecular flexibility index (Phi) is 8.11. The molecular weight excluding hydrogens is 464 g/mol. The smallest absolute Gasteiger partial charge is 0.255 e. The van der Waals surface area contributed by atoms with Crippen LogP contribution in [-0.2, 0) is 15.1 Å². The zero-order valence-electron chi connectivity index (χ0n) is 22.0. The van der Waals surface area contributed by atoms with Crippen LogP contribution in [0.15, 0.2) is 48.5 Å². The molecule has 198 valence electrons. The maximum atomic E-state index is 12.8. The molecule has 5 rings (SSSR count). The number of nitrogens with zero attached hydrogens (tertiary/aromatic N) is 2. The van der Waals surface area contributed by atoms with Gasteiger partial charge in [-0.2, -0.15) is 0 Å². The van der Waals surface area contributed by atoms with Crippen molar-refractivity contribution in [3.05, 3.63) is 59.7 Å². The standard InChI is InChI=1S/C30H40N4O3/c1-33-18-20-34(21-19-33)26-14-8-23(9-15-26)29(36)31-25-12-10-24(11-13-25)30(16-5-17-30)32-28(35)22-37-27-6-3-2-4-7-27/h8-15,27H,2-7,16-22H2,1H3,(H,31,36)(H,32,35). The fraction of sp³-hybridized carbons (Fsp3) is 0.533. The minimum absolute atomic E-state index is 0.0392. The van der Waals surface area contributed by atoms with E-state index in [0.29, 0.717) is 5.56 Å². The second kappa shape index (κ2) is 11.7. The van der Waals surface area contributed by atoms with E-state index in [9.17, 15) is 9.59 Å². The minimum atomic E-state index is -0.325. The van der Waals surface area contributed by atoms with Gasteiger partial charge in [-0.25, -0.2) is 0 Å². The summed E-state index contributed by atoms with van der Waals surface area (Å²) in [5.41, 5.74) is 3.31. The van der Waals surface area contributed by atoms with E-state index < -0.39 is 0 Å². The molecular formula is C30H40N4O3. The third-order valence-electron chi connectivity index (χ3n) is 8.28. The van der Waals surface area contributed by atoms with E-state index in [-0.39, 0.29) is 30.1 Å². The topological polar surface area (TPSA) is 73.9 Å². The number of benzene rings is 2. The van der Waals surface area contributed by atoms with Crippen LogP contribution in [0.2, 0.25) is 0 Å². The summed E-state index contributed by atoms with van der Waals surface area (Å²) in [6, 6.07) is 15.8. The van der Waals surface area contributed by atoms with Gasteiger partial charge in [-0.15, -0.1) is 0 Å². The van der Waals surface area contributed by atoms with Crippen LogP contribution in [0, 0.1) is 0 Å². The highest BCUT2D eigenvalue weighted by Crippen LogP contribution is 2.41. The first kappa shape index (κ1) is 25.7. The second-order valence-corrected chi connectivity index (χ2v) is 10.9.